The largest absolute Gasteiger partial charge is 0.396 e. The minimum absolute atomic E-state index is 0. The zero-order chi connectivity index (χ0) is 19.6. The molecule has 2 heterocycles. The predicted molar refractivity (Wildman–Crippen MR) is 131 cm³/mol. The van der Waals surface area contributed by atoms with Crippen LogP contribution in [0.15, 0.2) is 52.8 Å². The fourth-order valence-corrected chi connectivity index (χ4v) is 4.29. The fourth-order valence-electron chi connectivity index (χ4n) is 3.43. The summed E-state index contributed by atoms with van der Waals surface area (Å²) in [6.07, 6.45) is 0. The van der Waals surface area contributed by atoms with Gasteiger partial charge in [0.25, 0.3) is 0 Å². The molecule has 0 aliphatic carbocycles. The molecule has 1 saturated heterocycles. The maximum atomic E-state index is 9.76. The Morgan fingerprint density at radius 3 is 2.48 bits per heavy atom. The number of guanidine groups is 1. The summed E-state index contributed by atoms with van der Waals surface area (Å²) in [7, 11) is 1.78. The van der Waals surface area contributed by atoms with Gasteiger partial charge in [-0.3, -0.25) is 9.89 Å². The summed E-state index contributed by atoms with van der Waals surface area (Å²) in [6, 6.07) is 14.7. The summed E-state index contributed by atoms with van der Waals surface area (Å²) in [5.74, 6) is 0.788. The van der Waals surface area contributed by atoms with Gasteiger partial charge in [-0.1, -0.05) is 36.4 Å². The number of morpholine rings is 1. The smallest absolute Gasteiger partial charge is 0.191 e. The molecule has 160 valence electrons. The maximum absolute atomic E-state index is 9.76. The number of hydrogen-bond acceptors (Lipinski definition) is 5. The van der Waals surface area contributed by atoms with Gasteiger partial charge in [-0.2, -0.15) is 0 Å². The lowest BCUT2D eigenvalue weighted by Crippen LogP contribution is -2.46. The van der Waals surface area contributed by atoms with Crippen LogP contribution >= 0.6 is 35.3 Å². The number of thiophene rings is 1. The second-order valence-corrected chi connectivity index (χ2v) is 7.78. The normalized spacial score (nSPS) is 17.2. The summed E-state index contributed by atoms with van der Waals surface area (Å²) >= 11 is 1.79. The Kier molecular flexibility index (Phi) is 10.9. The van der Waals surface area contributed by atoms with Gasteiger partial charge in [0.05, 0.1) is 25.9 Å². The molecule has 0 bridgehead atoms. The molecule has 8 heteroatoms. The molecule has 3 N–H and O–H groups in total. The molecule has 29 heavy (non-hydrogen) atoms. The van der Waals surface area contributed by atoms with E-state index >= 15 is 0 Å². The molecule has 2 atom stereocenters. The van der Waals surface area contributed by atoms with Gasteiger partial charge in [-0.05, 0) is 17.0 Å². The number of hydrogen-bond donors (Lipinski definition) is 3. The summed E-state index contributed by atoms with van der Waals surface area (Å²) in [5, 5.41) is 18.7. The molecule has 6 nitrogen and oxygen atoms in total. The Balaban J connectivity index is 0.00000300. The standard InChI is InChI=1S/C21H30N4O2S.HI/c1-22-21(23-14-18(16-26)17-6-3-2-4-7-17)24-15-19(20-8-5-13-28-20)25-9-11-27-12-10-25;/h2-8,13,18-19,26H,9-12,14-16H2,1H3,(H2,22,23,24);1H. The van der Waals surface area contributed by atoms with Crippen LogP contribution in [0.25, 0.3) is 0 Å². The number of nitrogens with zero attached hydrogens (tertiary/aromatic N) is 2. The molecule has 0 radical (unpaired) electrons. The van der Waals surface area contributed by atoms with E-state index in [1.807, 2.05) is 30.3 Å². The van der Waals surface area contributed by atoms with Crippen LogP contribution in [0.3, 0.4) is 0 Å². The lowest BCUT2D eigenvalue weighted by Gasteiger charge is -2.34. The zero-order valence-electron chi connectivity index (χ0n) is 16.8. The topological polar surface area (TPSA) is 69.1 Å². The van der Waals surface area contributed by atoms with E-state index < -0.39 is 0 Å². The first-order valence-electron chi connectivity index (χ1n) is 9.77. The molecule has 1 aliphatic heterocycles. The van der Waals surface area contributed by atoms with Crippen LogP contribution in [-0.4, -0.2) is 69.0 Å². The highest BCUT2D eigenvalue weighted by Gasteiger charge is 2.23. The van der Waals surface area contributed by atoms with E-state index in [9.17, 15) is 5.11 Å². The van der Waals surface area contributed by atoms with E-state index in [4.69, 9.17) is 4.74 Å². The molecular weight excluding hydrogens is 499 g/mol. The summed E-state index contributed by atoms with van der Waals surface area (Å²) in [6.45, 7) is 4.94. The van der Waals surface area contributed by atoms with Crippen LogP contribution in [0, 0.1) is 0 Å². The first-order chi connectivity index (χ1) is 13.8. The number of aliphatic hydroxyl groups excluding tert-OH is 1. The average Bonchev–Trinajstić information content (AvgIpc) is 3.29. The van der Waals surface area contributed by atoms with Gasteiger partial charge in [-0.25, -0.2) is 0 Å². The van der Waals surface area contributed by atoms with Crippen molar-refractivity contribution in [3.8, 4) is 0 Å². The number of benzene rings is 1. The Hall–Kier alpha value is -1.20. The van der Waals surface area contributed by atoms with E-state index in [1.165, 1.54) is 4.88 Å². The lowest BCUT2D eigenvalue weighted by atomic mass is 10.0. The Morgan fingerprint density at radius 2 is 1.86 bits per heavy atom. The minimum atomic E-state index is 0. The second kappa shape index (κ2) is 13.2. The van der Waals surface area contributed by atoms with Crippen LogP contribution in [0.1, 0.15) is 22.4 Å². The molecule has 1 aromatic carbocycles. The van der Waals surface area contributed by atoms with Crippen molar-refractivity contribution in [1.29, 1.82) is 0 Å². The highest BCUT2D eigenvalue weighted by Crippen LogP contribution is 2.25. The third-order valence-corrected chi connectivity index (χ3v) is 6.03. The van der Waals surface area contributed by atoms with Gasteiger partial charge in [0.1, 0.15) is 0 Å². The highest BCUT2D eigenvalue weighted by atomic mass is 127. The number of ether oxygens (including phenoxy) is 1. The van der Waals surface area contributed by atoms with Gasteiger partial charge in [0, 0.05) is 44.0 Å². The van der Waals surface area contributed by atoms with Crippen molar-refractivity contribution in [1.82, 2.24) is 15.5 Å². The van der Waals surface area contributed by atoms with Crippen LogP contribution < -0.4 is 10.6 Å². The van der Waals surface area contributed by atoms with Gasteiger partial charge >= 0.3 is 0 Å². The molecule has 3 rings (SSSR count). The van der Waals surface area contributed by atoms with Crippen LogP contribution in [-0.2, 0) is 4.74 Å². The molecule has 0 saturated carbocycles. The first kappa shape index (κ1) is 24.1. The van der Waals surface area contributed by atoms with Crippen LogP contribution in [0.2, 0.25) is 0 Å². The average molecular weight is 530 g/mol. The van der Waals surface area contributed by atoms with Gasteiger partial charge in [0.2, 0.25) is 0 Å². The first-order valence-corrected chi connectivity index (χ1v) is 10.6. The summed E-state index contributed by atoms with van der Waals surface area (Å²) < 4.78 is 5.51. The fraction of sp³-hybridized carbons (Fsp3) is 0.476. The highest BCUT2D eigenvalue weighted by molar-refractivity contribution is 14.0. The van der Waals surface area contributed by atoms with Gasteiger partial charge in [-0.15, -0.1) is 35.3 Å². The van der Waals surface area contributed by atoms with E-state index in [-0.39, 0.29) is 36.5 Å². The monoisotopic (exact) mass is 530 g/mol. The van der Waals surface area contributed by atoms with Crippen molar-refractivity contribution in [3.05, 3.63) is 58.3 Å². The van der Waals surface area contributed by atoms with Crippen molar-refractivity contribution in [2.45, 2.75) is 12.0 Å². The zero-order valence-corrected chi connectivity index (χ0v) is 19.9. The minimum Gasteiger partial charge on any atom is -0.396 e. The van der Waals surface area contributed by atoms with Crippen molar-refractivity contribution in [2.24, 2.45) is 4.99 Å². The number of aliphatic imine (C=N–C) groups is 1. The number of rotatable bonds is 8. The maximum Gasteiger partial charge on any atom is 0.191 e. The molecule has 2 unspecified atom stereocenters. The Bertz CT molecular complexity index is 709. The van der Waals surface area contributed by atoms with Crippen molar-refractivity contribution in [3.63, 3.8) is 0 Å². The summed E-state index contributed by atoms with van der Waals surface area (Å²) in [4.78, 5) is 8.18. The lowest BCUT2D eigenvalue weighted by molar-refractivity contribution is 0.0177. The SMILES string of the molecule is CN=C(NCC(CO)c1ccccc1)NCC(c1cccs1)N1CCOCC1.I. The molecule has 1 aromatic heterocycles. The Labute approximate surface area is 194 Å². The number of aliphatic hydroxyl groups is 1. The van der Waals surface area contributed by atoms with Crippen molar-refractivity contribution < 1.29 is 9.84 Å². The van der Waals surface area contributed by atoms with Gasteiger partial charge < -0.3 is 20.5 Å². The third kappa shape index (κ3) is 7.21. The van der Waals surface area contributed by atoms with E-state index in [0.717, 1.165) is 44.4 Å². The third-order valence-electron chi connectivity index (χ3n) is 5.05. The molecule has 0 spiro atoms. The quantitative estimate of drug-likeness (QED) is 0.278. The molecule has 0 amide bonds. The molecule has 1 aliphatic rings. The van der Waals surface area contributed by atoms with Crippen molar-refractivity contribution >= 4 is 41.3 Å². The summed E-state index contributed by atoms with van der Waals surface area (Å²) in [5.41, 5.74) is 1.12. The van der Waals surface area contributed by atoms with E-state index in [1.54, 1.807) is 18.4 Å². The predicted octanol–water partition coefficient (Wildman–Crippen LogP) is 2.68. The molecule has 1 fully saturated rings. The molecule has 2 aromatic rings. The van der Waals surface area contributed by atoms with Crippen LogP contribution in [0.5, 0.6) is 0 Å². The van der Waals surface area contributed by atoms with Gasteiger partial charge in [0.15, 0.2) is 5.96 Å². The van der Waals surface area contributed by atoms with Crippen LogP contribution in [0.4, 0.5) is 0 Å². The van der Waals surface area contributed by atoms with E-state index in [0.29, 0.717) is 12.6 Å². The van der Waals surface area contributed by atoms with Crippen molar-refractivity contribution in [2.75, 3.05) is 53.0 Å². The number of halogens is 1. The number of nitrogens with one attached hydrogen (secondary N) is 2. The second-order valence-electron chi connectivity index (χ2n) is 6.80. The Morgan fingerprint density at radius 1 is 1.14 bits per heavy atom. The van der Waals surface area contributed by atoms with E-state index in [2.05, 4.69) is 38.0 Å². The molecular formula is C21H31IN4O2S.